The highest BCUT2D eigenvalue weighted by Crippen LogP contribution is 2.13. The first kappa shape index (κ1) is 13.9. The van der Waals surface area contributed by atoms with Crippen molar-refractivity contribution >= 4 is 10.1 Å². The average molecular weight is 224 g/mol. The molecule has 0 saturated heterocycles. The second-order valence-corrected chi connectivity index (χ2v) is 5.78. The lowest BCUT2D eigenvalue weighted by Crippen LogP contribution is -2.52. The van der Waals surface area contributed by atoms with Crippen molar-refractivity contribution in [2.75, 3.05) is 19.5 Å². The van der Waals surface area contributed by atoms with E-state index >= 15 is 0 Å². The zero-order valence-electron chi connectivity index (χ0n) is 9.52. The molecule has 0 fully saturated rings. The van der Waals surface area contributed by atoms with E-state index in [9.17, 15) is 8.42 Å². The third-order valence-corrected chi connectivity index (χ3v) is 3.64. The van der Waals surface area contributed by atoms with Crippen LogP contribution in [-0.2, 0) is 10.1 Å². The minimum Gasteiger partial charge on any atom is -0.310 e. The summed E-state index contributed by atoms with van der Waals surface area (Å²) in [5.74, 6) is -0.190. The molecule has 1 unspecified atom stereocenters. The van der Waals surface area contributed by atoms with Crippen LogP contribution in [0.1, 0.15) is 33.6 Å². The van der Waals surface area contributed by atoms with E-state index in [1.165, 1.54) is 0 Å². The first-order valence-electron chi connectivity index (χ1n) is 5.00. The second-order valence-electron chi connectivity index (χ2n) is 4.36. The van der Waals surface area contributed by atoms with E-state index in [4.69, 9.17) is 4.55 Å². The van der Waals surface area contributed by atoms with Gasteiger partial charge in [-0.1, -0.05) is 13.3 Å². The molecule has 0 aromatic carbocycles. The fourth-order valence-electron chi connectivity index (χ4n) is 1.36. The van der Waals surface area contributed by atoms with E-state index in [2.05, 4.69) is 6.92 Å². The van der Waals surface area contributed by atoms with Gasteiger partial charge in [-0.3, -0.25) is 4.55 Å². The molecule has 0 aliphatic carbocycles. The number of quaternary nitrogens is 1. The molecule has 0 aromatic rings. The van der Waals surface area contributed by atoms with Gasteiger partial charge in [-0.05, 0) is 20.3 Å². The Hall–Kier alpha value is -0.130. The third-order valence-electron chi connectivity index (χ3n) is 2.73. The molecule has 1 N–H and O–H groups in total. The smallest absolute Gasteiger partial charge is 0.310 e. The minimum absolute atomic E-state index is 0.190. The van der Waals surface area contributed by atoms with Crippen molar-refractivity contribution in [3.63, 3.8) is 0 Å². The van der Waals surface area contributed by atoms with Gasteiger partial charge < -0.3 is 4.48 Å². The molecule has 4 nitrogen and oxygen atoms in total. The van der Waals surface area contributed by atoms with Crippen molar-refractivity contribution in [2.24, 2.45) is 0 Å². The summed E-state index contributed by atoms with van der Waals surface area (Å²) in [6, 6.07) is 0.198. The molecule has 0 radical (unpaired) electrons. The van der Waals surface area contributed by atoms with Gasteiger partial charge in [0, 0.05) is 0 Å². The largest absolute Gasteiger partial charge is 0.316 e. The van der Waals surface area contributed by atoms with Crippen LogP contribution in [0.5, 0.6) is 0 Å². The molecule has 14 heavy (non-hydrogen) atoms. The molecule has 86 valence electrons. The summed E-state index contributed by atoms with van der Waals surface area (Å²) in [4.78, 5) is 0. The predicted molar refractivity (Wildman–Crippen MR) is 57.5 cm³/mol. The fraction of sp³-hybridized carbons (Fsp3) is 1.00. The molecule has 0 saturated carbocycles. The van der Waals surface area contributed by atoms with Crippen LogP contribution in [0.4, 0.5) is 0 Å². The number of hydrogen-bond donors (Lipinski definition) is 1. The molecule has 0 heterocycles. The van der Waals surface area contributed by atoms with Gasteiger partial charge in [0.2, 0.25) is 5.88 Å². The number of hydrogen-bond acceptors (Lipinski definition) is 2. The summed E-state index contributed by atoms with van der Waals surface area (Å²) in [5.41, 5.74) is 0. The van der Waals surface area contributed by atoms with E-state index < -0.39 is 10.1 Å². The van der Waals surface area contributed by atoms with Crippen molar-refractivity contribution in [3.05, 3.63) is 0 Å². The van der Waals surface area contributed by atoms with Crippen molar-refractivity contribution in [3.8, 4) is 0 Å². The molecule has 0 aliphatic rings. The van der Waals surface area contributed by atoms with Gasteiger partial charge in [0.1, 0.15) is 0 Å². The van der Waals surface area contributed by atoms with Crippen molar-refractivity contribution in [1.82, 2.24) is 0 Å². The lowest BCUT2D eigenvalue weighted by molar-refractivity contribution is -0.919. The van der Waals surface area contributed by atoms with Crippen LogP contribution in [0.25, 0.3) is 0 Å². The van der Waals surface area contributed by atoms with Crippen molar-refractivity contribution < 1.29 is 17.5 Å². The fourth-order valence-corrected chi connectivity index (χ4v) is 2.54. The zero-order chi connectivity index (χ0) is 11.4. The first-order chi connectivity index (χ1) is 6.21. The van der Waals surface area contributed by atoms with Gasteiger partial charge in [-0.25, -0.2) is 0 Å². The number of nitrogens with zero attached hydrogens (tertiary/aromatic N) is 1. The van der Waals surface area contributed by atoms with Crippen LogP contribution in [0, 0.1) is 0 Å². The SMILES string of the molecule is CCCC[N+](C)(CS(=O)(=O)O)C(C)C. The highest BCUT2D eigenvalue weighted by Gasteiger charge is 2.30. The monoisotopic (exact) mass is 224 g/mol. The van der Waals surface area contributed by atoms with Gasteiger partial charge >= 0.3 is 10.1 Å². The Morgan fingerprint density at radius 1 is 1.36 bits per heavy atom. The summed E-state index contributed by atoms with van der Waals surface area (Å²) in [7, 11) is -2.02. The first-order valence-corrected chi connectivity index (χ1v) is 6.61. The maximum atomic E-state index is 10.9. The third kappa shape index (κ3) is 4.93. The molecule has 0 spiro atoms. The van der Waals surface area contributed by atoms with E-state index in [1.54, 1.807) is 0 Å². The lowest BCUT2D eigenvalue weighted by atomic mass is 10.2. The van der Waals surface area contributed by atoms with Crippen LogP contribution in [0.2, 0.25) is 0 Å². The van der Waals surface area contributed by atoms with Gasteiger partial charge in [0.25, 0.3) is 0 Å². The average Bonchev–Trinajstić information content (AvgIpc) is 1.97. The Kier molecular flexibility index (Phi) is 5.05. The van der Waals surface area contributed by atoms with Crippen LogP contribution < -0.4 is 0 Å². The highest BCUT2D eigenvalue weighted by atomic mass is 32.2. The lowest BCUT2D eigenvalue weighted by Gasteiger charge is -2.37. The number of rotatable bonds is 6. The Morgan fingerprint density at radius 2 is 1.86 bits per heavy atom. The summed E-state index contributed by atoms with van der Waals surface area (Å²) in [5, 5.41) is 0. The van der Waals surface area contributed by atoms with E-state index in [0.29, 0.717) is 4.48 Å². The molecule has 0 amide bonds. The molecular weight excluding hydrogens is 202 g/mol. The highest BCUT2D eigenvalue weighted by molar-refractivity contribution is 7.85. The maximum Gasteiger partial charge on any atom is 0.316 e. The number of unbranched alkanes of at least 4 members (excludes halogenated alkanes) is 1. The van der Waals surface area contributed by atoms with Crippen LogP contribution in [-0.4, -0.2) is 43.0 Å². The van der Waals surface area contributed by atoms with E-state index in [-0.39, 0.29) is 11.9 Å². The molecule has 0 rings (SSSR count). The van der Waals surface area contributed by atoms with Gasteiger partial charge in [-0.2, -0.15) is 8.42 Å². The zero-order valence-corrected chi connectivity index (χ0v) is 10.3. The van der Waals surface area contributed by atoms with Crippen LogP contribution >= 0.6 is 0 Å². The van der Waals surface area contributed by atoms with Gasteiger partial charge in [-0.15, -0.1) is 0 Å². The van der Waals surface area contributed by atoms with Crippen LogP contribution in [0.3, 0.4) is 0 Å². The van der Waals surface area contributed by atoms with E-state index in [1.807, 2.05) is 20.9 Å². The molecular formula is C9H22NO3S+. The van der Waals surface area contributed by atoms with Crippen LogP contribution in [0.15, 0.2) is 0 Å². The normalized spacial score (nSPS) is 17.0. The molecule has 0 aliphatic heterocycles. The van der Waals surface area contributed by atoms with Crippen molar-refractivity contribution in [1.29, 1.82) is 0 Å². The standard InChI is InChI=1S/C9H21NO3S/c1-5-6-7-10(4,9(2)3)8-14(11,12)13/h9H,5-8H2,1-4H3/p+1. The molecule has 1 atom stereocenters. The Bertz CT molecular complexity index is 261. The molecule has 0 aromatic heterocycles. The minimum atomic E-state index is -3.89. The summed E-state index contributed by atoms with van der Waals surface area (Å²) in [6.45, 7) is 6.80. The quantitative estimate of drug-likeness (QED) is 0.549. The Morgan fingerprint density at radius 3 is 2.14 bits per heavy atom. The van der Waals surface area contributed by atoms with Gasteiger partial charge in [0.15, 0.2) is 0 Å². The van der Waals surface area contributed by atoms with Crippen molar-refractivity contribution in [2.45, 2.75) is 39.7 Å². The van der Waals surface area contributed by atoms with E-state index in [0.717, 1.165) is 19.4 Å². The summed E-state index contributed by atoms with van der Waals surface area (Å²) < 4.78 is 30.9. The summed E-state index contributed by atoms with van der Waals surface area (Å²) in [6.07, 6.45) is 2.01. The molecule has 5 heteroatoms. The maximum absolute atomic E-state index is 10.9. The second kappa shape index (κ2) is 5.09. The Labute approximate surface area is 87.3 Å². The summed E-state index contributed by atoms with van der Waals surface area (Å²) >= 11 is 0. The van der Waals surface area contributed by atoms with Gasteiger partial charge in [0.05, 0.1) is 19.6 Å². The Balaban J connectivity index is 4.56. The topological polar surface area (TPSA) is 54.4 Å². The predicted octanol–water partition coefficient (Wildman–Crippen LogP) is 1.49. The molecule has 0 bridgehead atoms.